The quantitative estimate of drug-likeness (QED) is 0.655. The van der Waals surface area contributed by atoms with Crippen LogP contribution in [0.25, 0.3) is 11.4 Å². The van der Waals surface area contributed by atoms with E-state index in [1.807, 2.05) is 0 Å². The van der Waals surface area contributed by atoms with Crippen molar-refractivity contribution in [3.63, 3.8) is 0 Å². The molecule has 0 spiro atoms. The zero-order chi connectivity index (χ0) is 13.4. The molecule has 0 amide bonds. The molecule has 1 aliphatic rings. The van der Waals surface area contributed by atoms with Gasteiger partial charge in [0.1, 0.15) is 5.75 Å². The predicted molar refractivity (Wildman–Crippen MR) is 66.1 cm³/mol. The summed E-state index contributed by atoms with van der Waals surface area (Å²) >= 11 is 0. The molecule has 0 saturated carbocycles. The summed E-state index contributed by atoms with van der Waals surface area (Å²) in [5.74, 6) is 1.04. The highest BCUT2D eigenvalue weighted by Gasteiger charge is 2.33. The minimum Gasteiger partial charge on any atom is -0.508 e. The van der Waals surface area contributed by atoms with Crippen LogP contribution >= 0.6 is 0 Å². The molecule has 0 fully saturated rings. The summed E-state index contributed by atoms with van der Waals surface area (Å²) in [7, 11) is 0. The topological polar surface area (TPSA) is 94.1 Å². The van der Waals surface area contributed by atoms with Crippen LogP contribution in [0.1, 0.15) is 24.7 Å². The lowest BCUT2D eigenvalue weighted by Crippen LogP contribution is -2.22. The highest BCUT2D eigenvalue weighted by Crippen LogP contribution is 2.28. The molecule has 7 nitrogen and oxygen atoms in total. The summed E-state index contributed by atoms with van der Waals surface area (Å²) in [6, 6.07) is 5.70. The van der Waals surface area contributed by atoms with Crippen LogP contribution in [0.3, 0.4) is 0 Å². The molecule has 2 heterocycles. The molecule has 7 heteroatoms. The highest BCUT2D eigenvalue weighted by atomic mass is 16.6. The second-order valence-corrected chi connectivity index (χ2v) is 4.51. The maximum absolute atomic E-state index is 11.0. The van der Waals surface area contributed by atoms with Gasteiger partial charge in [0.15, 0.2) is 5.82 Å². The molecule has 1 aromatic carbocycles. The van der Waals surface area contributed by atoms with Crippen molar-refractivity contribution in [3.8, 4) is 17.1 Å². The third-order valence-electron chi connectivity index (χ3n) is 3.23. The van der Waals surface area contributed by atoms with E-state index < -0.39 is 6.04 Å². The lowest BCUT2D eigenvalue weighted by Gasteiger charge is -2.15. The average Bonchev–Trinajstić information content (AvgIpc) is 2.82. The summed E-state index contributed by atoms with van der Waals surface area (Å²) in [6.07, 6.45) is 1.23. The smallest absolute Gasteiger partial charge is 0.271 e. The van der Waals surface area contributed by atoms with Gasteiger partial charge < -0.3 is 5.11 Å². The van der Waals surface area contributed by atoms with Gasteiger partial charge >= 0.3 is 0 Å². The second-order valence-electron chi connectivity index (χ2n) is 4.51. The summed E-state index contributed by atoms with van der Waals surface area (Å²) in [5.41, 5.74) is 0.738. The van der Waals surface area contributed by atoms with Crippen molar-refractivity contribution < 1.29 is 10.0 Å². The van der Waals surface area contributed by atoms with Gasteiger partial charge in [0, 0.05) is 23.5 Å². The number of aryl methyl sites for hydroxylation is 1. The van der Waals surface area contributed by atoms with Gasteiger partial charge in [-0.2, -0.15) is 5.10 Å². The van der Waals surface area contributed by atoms with E-state index in [1.165, 1.54) is 0 Å². The van der Waals surface area contributed by atoms with Crippen molar-refractivity contribution in [2.75, 3.05) is 0 Å². The number of benzene rings is 1. The number of fused-ring (bicyclic) bond motifs is 1. The van der Waals surface area contributed by atoms with E-state index in [0.717, 1.165) is 12.0 Å². The Morgan fingerprint density at radius 1 is 1.37 bits per heavy atom. The Morgan fingerprint density at radius 2 is 2.11 bits per heavy atom. The molecular formula is C12H12N4O3. The molecule has 98 valence electrons. The molecule has 1 unspecified atom stereocenters. The molecule has 0 aliphatic carbocycles. The fraction of sp³-hybridized carbons (Fsp3) is 0.333. The van der Waals surface area contributed by atoms with Gasteiger partial charge in [-0.3, -0.25) is 10.1 Å². The first kappa shape index (κ1) is 11.6. The summed E-state index contributed by atoms with van der Waals surface area (Å²) in [5, 5.41) is 24.5. The van der Waals surface area contributed by atoms with E-state index in [0.29, 0.717) is 24.6 Å². The van der Waals surface area contributed by atoms with Crippen LogP contribution in [0.2, 0.25) is 0 Å². The Hall–Kier alpha value is -2.44. The van der Waals surface area contributed by atoms with Crippen LogP contribution in [-0.2, 0) is 6.54 Å². The molecule has 2 aromatic rings. The first-order valence-electron chi connectivity index (χ1n) is 6.03. The minimum absolute atomic E-state index is 0.163. The highest BCUT2D eigenvalue weighted by molar-refractivity contribution is 5.55. The van der Waals surface area contributed by atoms with Gasteiger partial charge in [-0.25, -0.2) is 9.67 Å². The Morgan fingerprint density at radius 3 is 2.79 bits per heavy atom. The van der Waals surface area contributed by atoms with Gasteiger partial charge in [0.05, 0.1) is 0 Å². The molecular weight excluding hydrogens is 248 g/mol. The number of phenolic OH excluding ortho intramolecular Hbond substituents is 1. The minimum atomic E-state index is -0.771. The third-order valence-corrected chi connectivity index (χ3v) is 3.23. The molecule has 0 radical (unpaired) electrons. The van der Waals surface area contributed by atoms with Crippen LogP contribution in [0.5, 0.6) is 5.75 Å². The van der Waals surface area contributed by atoms with Crippen LogP contribution in [0, 0.1) is 10.1 Å². The first-order valence-corrected chi connectivity index (χ1v) is 6.03. The van der Waals surface area contributed by atoms with Crippen LogP contribution in [-0.4, -0.2) is 24.8 Å². The van der Waals surface area contributed by atoms with Crippen molar-refractivity contribution in [1.82, 2.24) is 14.8 Å². The van der Waals surface area contributed by atoms with E-state index in [4.69, 9.17) is 0 Å². The fourth-order valence-corrected chi connectivity index (χ4v) is 2.26. The van der Waals surface area contributed by atoms with E-state index >= 15 is 0 Å². The van der Waals surface area contributed by atoms with Crippen LogP contribution < -0.4 is 0 Å². The summed E-state index contributed by atoms with van der Waals surface area (Å²) < 4.78 is 1.61. The van der Waals surface area contributed by atoms with Crippen molar-refractivity contribution in [2.45, 2.75) is 25.4 Å². The predicted octanol–water partition coefficient (Wildman–Crippen LogP) is 1.76. The maximum Gasteiger partial charge on any atom is 0.271 e. The zero-order valence-electron chi connectivity index (χ0n) is 10.1. The number of hydrogen-bond acceptors (Lipinski definition) is 5. The van der Waals surface area contributed by atoms with Gasteiger partial charge in [-0.05, 0) is 30.7 Å². The molecule has 0 bridgehead atoms. The molecule has 0 saturated heterocycles. The second kappa shape index (κ2) is 4.34. The summed E-state index contributed by atoms with van der Waals surface area (Å²) in [4.78, 5) is 15.0. The fourth-order valence-electron chi connectivity index (χ4n) is 2.26. The lowest BCUT2D eigenvalue weighted by molar-refractivity contribution is -0.533. The maximum atomic E-state index is 11.0. The number of phenols is 1. The number of aromatic hydroxyl groups is 1. The SMILES string of the molecule is O=[N+]([O-])C1CCCn2nc(-c3ccc(O)cc3)nc21. The Kier molecular flexibility index (Phi) is 2.66. The molecule has 1 aromatic heterocycles. The lowest BCUT2D eigenvalue weighted by atomic mass is 10.1. The van der Waals surface area contributed by atoms with E-state index in [1.54, 1.807) is 28.9 Å². The van der Waals surface area contributed by atoms with Crippen LogP contribution in [0.4, 0.5) is 0 Å². The molecule has 1 aliphatic heterocycles. The Labute approximate surface area is 108 Å². The number of nitro groups is 1. The van der Waals surface area contributed by atoms with E-state index in [2.05, 4.69) is 10.1 Å². The number of rotatable bonds is 2. The van der Waals surface area contributed by atoms with Gasteiger partial charge in [-0.1, -0.05) is 0 Å². The van der Waals surface area contributed by atoms with E-state index in [-0.39, 0.29) is 10.7 Å². The molecule has 19 heavy (non-hydrogen) atoms. The largest absolute Gasteiger partial charge is 0.508 e. The monoisotopic (exact) mass is 260 g/mol. The van der Waals surface area contributed by atoms with E-state index in [9.17, 15) is 15.2 Å². The van der Waals surface area contributed by atoms with Gasteiger partial charge in [0.2, 0.25) is 5.82 Å². The molecule has 1 atom stereocenters. The number of aromatic nitrogens is 3. The molecule has 3 rings (SSSR count). The number of hydrogen-bond donors (Lipinski definition) is 1. The zero-order valence-corrected chi connectivity index (χ0v) is 10.1. The molecule has 1 N–H and O–H groups in total. The van der Waals surface area contributed by atoms with Gasteiger partial charge in [0.25, 0.3) is 6.04 Å². The van der Waals surface area contributed by atoms with Gasteiger partial charge in [-0.15, -0.1) is 0 Å². The number of nitrogens with zero attached hydrogens (tertiary/aromatic N) is 4. The van der Waals surface area contributed by atoms with Crippen LogP contribution in [0.15, 0.2) is 24.3 Å². The Bertz CT molecular complexity index is 620. The van der Waals surface area contributed by atoms with Crippen molar-refractivity contribution in [2.24, 2.45) is 0 Å². The average molecular weight is 260 g/mol. The first-order chi connectivity index (χ1) is 9.15. The summed E-state index contributed by atoms with van der Waals surface area (Å²) in [6.45, 7) is 0.657. The van der Waals surface area contributed by atoms with Crippen molar-refractivity contribution in [3.05, 3.63) is 40.2 Å². The standard InChI is InChI=1S/C12H12N4O3/c17-9-5-3-8(4-6-9)11-13-12-10(16(18)19)2-1-7-15(12)14-11/h3-6,10,17H,1-2,7H2. The third kappa shape index (κ3) is 2.03. The van der Waals surface area contributed by atoms with Crippen molar-refractivity contribution >= 4 is 0 Å². The normalized spacial score (nSPS) is 18.0. The van der Waals surface area contributed by atoms with Crippen molar-refractivity contribution in [1.29, 1.82) is 0 Å². The Balaban J connectivity index is 2.02.